The number of anilines is 1. The Morgan fingerprint density at radius 3 is 2.62 bits per heavy atom. The second kappa shape index (κ2) is 6.72. The van der Waals surface area contributed by atoms with Gasteiger partial charge in [-0.3, -0.25) is 0 Å². The molecule has 21 heavy (non-hydrogen) atoms. The Morgan fingerprint density at radius 2 is 2.10 bits per heavy atom. The number of aryl methyl sites for hydroxylation is 1. The zero-order chi connectivity index (χ0) is 15.5. The molecule has 0 spiro atoms. The molecule has 0 aliphatic carbocycles. The number of rotatable bonds is 4. The summed E-state index contributed by atoms with van der Waals surface area (Å²) in [6.45, 7) is 2.27. The first-order valence-corrected chi connectivity index (χ1v) is 9.10. The van der Waals surface area contributed by atoms with Crippen LogP contribution in [0.1, 0.15) is 12.0 Å². The highest BCUT2D eigenvalue weighted by molar-refractivity contribution is 7.91. The summed E-state index contributed by atoms with van der Waals surface area (Å²) < 4.78 is 23.2. The van der Waals surface area contributed by atoms with Crippen LogP contribution >= 0.6 is 12.2 Å². The van der Waals surface area contributed by atoms with Crippen LogP contribution in [0.5, 0.6) is 0 Å². The number of nitrogens with one attached hydrogen (secondary N) is 1. The Labute approximate surface area is 130 Å². The first kappa shape index (κ1) is 16.2. The van der Waals surface area contributed by atoms with Crippen LogP contribution in [-0.4, -0.2) is 54.2 Å². The number of nitrogens with zero attached hydrogens (tertiary/aromatic N) is 1. The van der Waals surface area contributed by atoms with Crippen molar-refractivity contribution in [3.8, 4) is 0 Å². The number of sulfone groups is 1. The highest BCUT2D eigenvalue weighted by Crippen LogP contribution is 2.19. The summed E-state index contributed by atoms with van der Waals surface area (Å²) in [7, 11) is -2.98. The summed E-state index contributed by atoms with van der Waals surface area (Å²) in [5.41, 5.74) is 2.01. The molecule has 1 aromatic carbocycles. The first-order valence-electron chi connectivity index (χ1n) is 6.87. The average Bonchev–Trinajstić information content (AvgIpc) is 2.78. The van der Waals surface area contributed by atoms with E-state index in [9.17, 15) is 13.5 Å². The third-order valence-electron chi connectivity index (χ3n) is 3.55. The van der Waals surface area contributed by atoms with Crippen molar-refractivity contribution in [1.82, 2.24) is 4.90 Å². The van der Waals surface area contributed by atoms with E-state index in [0.29, 0.717) is 18.1 Å². The van der Waals surface area contributed by atoms with Gasteiger partial charge in [0.2, 0.25) is 0 Å². The maximum absolute atomic E-state index is 11.6. The van der Waals surface area contributed by atoms with Gasteiger partial charge in [0.1, 0.15) is 0 Å². The lowest BCUT2D eigenvalue weighted by molar-refractivity contribution is 0.228. The Morgan fingerprint density at radius 1 is 1.43 bits per heavy atom. The molecule has 2 rings (SSSR count). The standard InChI is InChI=1S/C14H20N2O3S2/c1-11-2-4-12(5-3-11)15-14(20)16(7-8-17)13-6-9-21(18,19)10-13/h2-5,13,17H,6-10H2,1H3,(H,15,20)/t13-/m0/s1. The number of benzene rings is 1. The van der Waals surface area contributed by atoms with Crippen LogP contribution in [-0.2, 0) is 9.84 Å². The van der Waals surface area contributed by atoms with Crippen molar-refractivity contribution < 1.29 is 13.5 Å². The summed E-state index contributed by atoms with van der Waals surface area (Å²) in [5, 5.41) is 12.8. The molecule has 0 amide bonds. The number of hydrogen-bond donors (Lipinski definition) is 2. The van der Waals surface area contributed by atoms with E-state index in [2.05, 4.69) is 5.32 Å². The Bertz CT molecular complexity index is 599. The van der Waals surface area contributed by atoms with Gasteiger partial charge in [0.05, 0.1) is 18.1 Å². The summed E-state index contributed by atoms with van der Waals surface area (Å²) in [5.74, 6) is 0.287. The number of aliphatic hydroxyl groups is 1. The van der Waals surface area contributed by atoms with Crippen LogP contribution in [0.25, 0.3) is 0 Å². The average molecular weight is 328 g/mol. The van der Waals surface area contributed by atoms with Crippen LogP contribution in [0.4, 0.5) is 5.69 Å². The van der Waals surface area contributed by atoms with E-state index in [4.69, 9.17) is 12.2 Å². The van der Waals surface area contributed by atoms with Crippen LogP contribution in [0.2, 0.25) is 0 Å². The summed E-state index contributed by atoms with van der Waals surface area (Å²) in [6.07, 6.45) is 0.554. The maximum Gasteiger partial charge on any atom is 0.173 e. The molecule has 1 aromatic rings. The zero-order valence-electron chi connectivity index (χ0n) is 11.9. The first-order chi connectivity index (χ1) is 9.91. The van der Waals surface area contributed by atoms with E-state index >= 15 is 0 Å². The van der Waals surface area contributed by atoms with Gasteiger partial charge in [0.25, 0.3) is 0 Å². The Hall–Kier alpha value is -1.18. The van der Waals surface area contributed by atoms with E-state index in [1.165, 1.54) is 0 Å². The normalized spacial score (nSPS) is 20.2. The van der Waals surface area contributed by atoms with Crippen LogP contribution in [0.15, 0.2) is 24.3 Å². The van der Waals surface area contributed by atoms with Gasteiger partial charge in [-0.05, 0) is 37.7 Å². The lowest BCUT2D eigenvalue weighted by Crippen LogP contribution is -2.45. The Kier molecular flexibility index (Phi) is 5.18. The smallest absolute Gasteiger partial charge is 0.173 e. The molecule has 7 heteroatoms. The molecule has 0 radical (unpaired) electrons. The van der Waals surface area contributed by atoms with E-state index < -0.39 is 9.84 Å². The van der Waals surface area contributed by atoms with Crippen molar-refractivity contribution in [2.45, 2.75) is 19.4 Å². The predicted molar refractivity (Wildman–Crippen MR) is 88.3 cm³/mol. The van der Waals surface area contributed by atoms with Gasteiger partial charge in [0, 0.05) is 18.3 Å². The van der Waals surface area contributed by atoms with Gasteiger partial charge in [-0.25, -0.2) is 8.42 Å². The third kappa shape index (κ3) is 4.39. The van der Waals surface area contributed by atoms with Gasteiger partial charge < -0.3 is 15.3 Å². The zero-order valence-corrected chi connectivity index (χ0v) is 13.6. The lowest BCUT2D eigenvalue weighted by Gasteiger charge is -2.30. The van der Waals surface area contributed by atoms with Gasteiger partial charge in [0.15, 0.2) is 14.9 Å². The van der Waals surface area contributed by atoms with Crippen molar-refractivity contribution in [2.24, 2.45) is 0 Å². The van der Waals surface area contributed by atoms with E-state index in [0.717, 1.165) is 11.3 Å². The molecule has 0 saturated carbocycles. The van der Waals surface area contributed by atoms with Gasteiger partial charge in [-0.2, -0.15) is 0 Å². The number of hydrogen-bond acceptors (Lipinski definition) is 4. The van der Waals surface area contributed by atoms with E-state index in [-0.39, 0.29) is 24.2 Å². The monoisotopic (exact) mass is 328 g/mol. The predicted octanol–water partition coefficient (Wildman–Crippen LogP) is 1.17. The Balaban J connectivity index is 2.07. The van der Waals surface area contributed by atoms with E-state index in [1.807, 2.05) is 31.2 Å². The fourth-order valence-corrected chi connectivity index (χ4v) is 4.50. The molecule has 5 nitrogen and oxygen atoms in total. The lowest BCUT2D eigenvalue weighted by atomic mass is 10.2. The molecule has 0 aromatic heterocycles. The molecule has 1 fully saturated rings. The van der Waals surface area contributed by atoms with Crippen molar-refractivity contribution in [2.75, 3.05) is 30.0 Å². The summed E-state index contributed by atoms with van der Waals surface area (Å²) >= 11 is 5.38. The largest absolute Gasteiger partial charge is 0.395 e. The van der Waals surface area contributed by atoms with Crippen LogP contribution in [0.3, 0.4) is 0 Å². The molecule has 2 N–H and O–H groups in total. The van der Waals surface area contributed by atoms with Gasteiger partial charge >= 0.3 is 0 Å². The highest BCUT2D eigenvalue weighted by atomic mass is 32.2. The van der Waals surface area contributed by atoms with Crippen LogP contribution < -0.4 is 5.32 Å². The van der Waals surface area contributed by atoms with Crippen LogP contribution in [0, 0.1) is 6.92 Å². The quantitative estimate of drug-likeness (QED) is 0.809. The molecular formula is C14H20N2O3S2. The molecule has 1 aliphatic heterocycles. The molecule has 0 unspecified atom stereocenters. The minimum absolute atomic E-state index is 0.0632. The molecule has 1 aliphatic rings. The highest BCUT2D eigenvalue weighted by Gasteiger charge is 2.33. The second-order valence-corrected chi connectivity index (χ2v) is 7.89. The van der Waals surface area contributed by atoms with Crippen molar-refractivity contribution in [3.05, 3.63) is 29.8 Å². The summed E-state index contributed by atoms with van der Waals surface area (Å²) in [4.78, 5) is 1.78. The fraction of sp³-hybridized carbons (Fsp3) is 0.500. The fourth-order valence-electron chi connectivity index (χ4n) is 2.41. The van der Waals surface area contributed by atoms with Crippen molar-refractivity contribution in [3.63, 3.8) is 0 Å². The topological polar surface area (TPSA) is 69.6 Å². The number of aliphatic hydroxyl groups excluding tert-OH is 1. The van der Waals surface area contributed by atoms with Gasteiger partial charge in [-0.1, -0.05) is 17.7 Å². The van der Waals surface area contributed by atoms with Crippen molar-refractivity contribution >= 4 is 32.9 Å². The SMILES string of the molecule is Cc1ccc(NC(=S)N(CCO)[C@H]2CCS(=O)(=O)C2)cc1. The second-order valence-electron chi connectivity index (χ2n) is 5.27. The molecule has 1 heterocycles. The molecule has 116 valence electrons. The third-order valence-corrected chi connectivity index (χ3v) is 5.64. The minimum atomic E-state index is -2.98. The van der Waals surface area contributed by atoms with E-state index in [1.54, 1.807) is 4.90 Å². The molecular weight excluding hydrogens is 308 g/mol. The summed E-state index contributed by atoms with van der Waals surface area (Å²) in [6, 6.07) is 7.63. The maximum atomic E-state index is 11.6. The van der Waals surface area contributed by atoms with Crippen molar-refractivity contribution in [1.29, 1.82) is 0 Å². The molecule has 1 atom stereocenters. The minimum Gasteiger partial charge on any atom is -0.395 e. The molecule has 1 saturated heterocycles. The number of thiocarbonyl (C=S) groups is 1. The van der Waals surface area contributed by atoms with Gasteiger partial charge in [-0.15, -0.1) is 0 Å². The molecule has 0 bridgehead atoms.